The zero-order valence-corrected chi connectivity index (χ0v) is 18.5. The average Bonchev–Trinajstić information content (AvgIpc) is 2.64. The molecule has 0 bridgehead atoms. The predicted octanol–water partition coefficient (Wildman–Crippen LogP) is 2.22. The Balaban J connectivity index is 1.59. The van der Waals surface area contributed by atoms with Crippen molar-refractivity contribution < 1.29 is 18.0 Å². The van der Waals surface area contributed by atoms with Crippen molar-refractivity contribution in [1.82, 2.24) is 9.80 Å². The van der Waals surface area contributed by atoms with E-state index in [4.69, 9.17) is 5.14 Å². The van der Waals surface area contributed by atoms with Crippen molar-refractivity contribution in [3.8, 4) is 0 Å². The molecular formula is C22H31N3O4S. The Labute approximate surface area is 178 Å². The summed E-state index contributed by atoms with van der Waals surface area (Å²) in [6.45, 7) is 4.25. The Bertz CT molecular complexity index is 926. The van der Waals surface area contributed by atoms with Crippen molar-refractivity contribution >= 4 is 21.8 Å². The van der Waals surface area contributed by atoms with Gasteiger partial charge in [-0.3, -0.25) is 9.59 Å². The van der Waals surface area contributed by atoms with Crippen molar-refractivity contribution in [3.05, 3.63) is 29.8 Å². The normalized spacial score (nSPS) is 29.8. The van der Waals surface area contributed by atoms with Crippen LogP contribution in [0.5, 0.6) is 0 Å². The zero-order chi connectivity index (χ0) is 21.6. The molecule has 1 aliphatic heterocycles. The van der Waals surface area contributed by atoms with Gasteiger partial charge in [-0.1, -0.05) is 18.6 Å². The van der Waals surface area contributed by atoms with Gasteiger partial charge in [0.25, 0.3) is 0 Å². The van der Waals surface area contributed by atoms with Crippen molar-refractivity contribution in [2.24, 2.45) is 11.1 Å². The van der Waals surface area contributed by atoms with Crippen LogP contribution in [0.2, 0.25) is 0 Å². The fourth-order valence-corrected chi connectivity index (χ4v) is 6.06. The van der Waals surface area contributed by atoms with Gasteiger partial charge in [-0.05, 0) is 62.6 Å². The molecule has 2 aliphatic carbocycles. The summed E-state index contributed by atoms with van der Waals surface area (Å²) in [6, 6.07) is 6.86. The summed E-state index contributed by atoms with van der Waals surface area (Å²) in [5, 5.41) is 5.22. The summed E-state index contributed by atoms with van der Waals surface area (Å²) in [6.07, 6.45) is 5.58. The number of carbonyl (C=O) groups excluding carboxylic acids is 2. The predicted molar refractivity (Wildman–Crippen MR) is 113 cm³/mol. The fourth-order valence-electron chi connectivity index (χ4n) is 5.54. The lowest BCUT2D eigenvalue weighted by atomic mass is 9.75. The summed E-state index contributed by atoms with van der Waals surface area (Å²) in [5.74, 6) is 0.677. The number of hydrogen-bond acceptors (Lipinski definition) is 4. The quantitative estimate of drug-likeness (QED) is 0.790. The van der Waals surface area contributed by atoms with Gasteiger partial charge in [-0.25, -0.2) is 13.6 Å². The minimum atomic E-state index is -3.72. The number of nitrogens with two attached hydrogens (primary N) is 1. The van der Waals surface area contributed by atoms with Gasteiger partial charge in [0.05, 0.1) is 17.0 Å². The molecule has 0 spiro atoms. The molecule has 3 unspecified atom stereocenters. The number of piperazine rings is 1. The summed E-state index contributed by atoms with van der Waals surface area (Å²) >= 11 is 0. The molecule has 30 heavy (non-hydrogen) atoms. The van der Waals surface area contributed by atoms with E-state index in [0.29, 0.717) is 6.54 Å². The highest BCUT2D eigenvalue weighted by molar-refractivity contribution is 7.89. The number of carbonyl (C=O) groups is 2. The first-order valence-corrected chi connectivity index (χ1v) is 12.4. The lowest BCUT2D eigenvalue weighted by molar-refractivity contribution is -0.157. The standard InChI is InChI=1S/C22H31N3O4S/c1-14-13-24(22(27)17-4-3-5-17)21-12-18(8-11-20(21)25(14)15(2)26)16-6-9-19(10-7-16)30(23,28)29/h6-7,9-10,14,17-18,20-21H,3-5,8,11-13H2,1-2H3,(H2,23,28,29)/t14-,18?,20?,21?/m0/s1. The van der Waals surface area contributed by atoms with E-state index in [1.54, 1.807) is 19.1 Å². The third kappa shape index (κ3) is 3.87. The molecule has 3 fully saturated rings. The number of primary sulfonamides is 1. The Hall–Kier alpha value is -1.93. The average molecular weight is 434 g/mol. The number of benzene rings is 1. The molecule has 164 valence electrons. The van der Waals surface area contributed by atoms with E-state index < -0.39 is 10.0 Å². The highest BCUT2D eigenvalue weighted by Gasteiger charge is 2.47. The van der Waals surface area contributed by atoms with Crippen LogP contribution < -0.4 is 5.14 Å². The molecule has 2 saturated carbocycles. The highest BCUT2D eigenvalue weighted by atomic mass is 32.2. The van der Waals surface area contributed by atoms with Crippen molar-refractivity contribution in [3.63, 3.8) is 0 Å². The third-order valence-electron chi connectivity index (χ3n) is 7.26. The van der Waals surface area contributed by atoms with Gasteiger partial charge in [-0.15, -0.1) is 0 Å². The molecule has 1 heterocycles. The Morgan fingerprint density at radius 1 is 1.03 bits per heavy atom. The van der Waals surface area contributed by atoms with Gasteiger partial charge in [0, 0.05) is 25.4 Å². The van der Waals surface area contributed by atoms with Crippen molar-refractivity contribution in [2.45, 2.75) is 81.3 Å². The SMILES string of the molecule is CC(=O)N1C2CCC(c3ccc(S(N)(=O)=O)cc3)CC2N(C(=O)C2CCC2)C[C@@H]1C. The van der Waals surface area contributed by atoms with Crippen LogP contribution in [0.25, 0.3) is 0 Å². The van der Waals surface area contributed by atoms with E-state index in [-0.39, 0.29) is 46.7 Å². The van der Waals surface area contributed by atoms with Gasteiger partial charge < -0.3 is 9.80 Å². The summed E-state index contributed by atoms with van der Waals surface area (Å²) in [7, 11) is -3.72. The maximum atomic E-state index is 13.2. The van der Waals surface area contributed by atoms with Gasteiger partial charge in [-0.2, -0.15) is 0 Å². The van der Waals surface area contributed by atoms with Crippen LogP contribution in [0, 0.1) is 5.92 Å². The van der Waals surface area contributed by atoms with Gasteiger partial charge in [0.15, 0.2) is 0 Å². The molecule has 4 rings (SSSR count). The van der Waals surface area contributed by atoms with Gasteiger partial charge >= 0.3 is 0 Å². The summed E-state index contributed by atoms with van der Waals surface area (Å²) < 4.78 is 23.1. The molecule has 1 aromatic carbocycles. The first kappa shape index (κ1) is 21.3. The monoisotopic (exact) mass is 433 g/mol. The van der Waals surface area contributed by atoms with E-state index >= 15 is 0 Å². The molecule has 1 saturated heterocycles. The Morgan fingerprint density at radius 3 is 2.23 bits per heavy atom. The summed E-state index contributed by atoms with van der Waals surface area (Å²) in [4.78, 5) is 29.7. The van der Waals surface area contributed by atoms with Crippen LogP contribution in [0.1, 0.15) is 63.9 Å². The fraction of sp³-hybridized carbons (Fsp3) is 0.636. The molecule has 4 atom stereocenters. The maximum absolute atomic E-state index is 13.2. The summed E-state index contributed by atoms with van der Waals surface area (Å²) in [5.41, 5.74) is 1.06. The largest absolute Gasteiger partial charge is 0.335 e. The molecular weight excluding hydrogens is 402 g/mol. The molecule has 0 radical (unpaired) electrons. The number of nitrogens with zero attached hydrogens (tertiary/aromatic N) is 2. The third-order valence-corrected chi connectivity index (χ3v) is 8.18. The highest BCUT2D eigenvalue weighted by Crippen LogP contribution is 2.42. The minimum absolute atomic E-state index is 0.00914. The van der Waals surface area contributed by atoms with Crippen LogP contribution in [0.15, 0.2) is 29.2 Å². The molecule has 2 amide bonds. The Morgan fingerprint density at radius 2 is 1.70 bits per heavy atom. The van der Waals surface area contributed by atoms with Crippen molar-refractivity contribution in [2.75, 3.05) is 6.54 Å². The lowest BCUT2D eigenvalue weighted by Crippen LogP contribution is -2.67. The maximum Gasteiger partial charge on any atom is 0.238 e. The van der Waals surface area contributed by atoms with E-state index in [2.05, 4.69) is 4.90 Å². The van der Waals surface area contributed by atoms with E-state index in [1.807, 2.05) is 24.0 Å². The van der Waals surface area contributed by atoms with Gasteiger partial charge in [0.1, 0.15) is 0 Å². The van der Waals surface area contributed by atoms with Crippen molar-refractivity contribution in [1.29, 1.82) is 0 Å². The number of hydrogen-bond donors (Lipinski definition) is 1. The van der Waals surface area contributed by atoms with Crippen LogP contribution in [-0.4, -0.2) is 54.7 Å². The second-order valence-corrected chi connectivity index (χ2v) is 10.7. The molecule has 0 aromatic heterocycles. The first-order valence-electron chi connectivity index (χ1n) is 10.9. The molecule has 7 nitrogen and oxygen atoms in total. The minimum Gasteiger partial charge on any atom is -0.335 e. The molecule has 2 N–H and O–H groups in total. The smallest absolute Gasteiger partial charge is 0.238 e. The topological polar surface area (TPSA) is 101 Å². The van der Waals surface area contributed by atoms with Crippen LogP contribution in [0.4, 0.5) is 0 Å². The number of amides is 2. The van der Waals surface area contributed by atoms with Crippen LogP contribution in [-0.2, 0) is 19.6 Å². The zero-order valence-electron chi connectivity index (χ0n) is 17.7. The van der Waals surface area contributed by atoms with Crippen LogP contribution >= 0.6 is 0 Å². The van der Waals surface area contributed by atoms with Gasteiger partial charge in [0.2, 0.25) is 21.8 Å². The second-order valence-electron chi connectivity index (χ2n) is 9.15. The van der Waals surface area contributed by atoms with E-state index in [0.717, 1.165) is 44.1 Å². The molecule has 8 heteroatoms. The number of rotatable bonds is 3. The second kappa shape index (κ2) is 7.96. The molecule has 3 aliphatic rings. The first-order chi connectivity index (χ1) is 14.2. The van der Waals surface area contributed by atoms with E-state index in [1.165, 1.54) is 0 Å². The molecule has 1 aromatic rings. The number of sulfonamides is 1. The lowest BCUT2D eigenvalue weighted by Gasteiger charge is -2.55. The van der Waals surface area contributed by atoms with E-state index in [9.17, 15) is 18.0 Å². The Kier molecular flexibility index (Phi) is 5.66. The van der Waals surface area contributed by atoms with Crippen LogP contribution in [0.3, 0.4) is 0 Å². The number of fused-ring (bicyclic) bond motifs is 1.